The first kappa shape index (κ1) is 22.2. The van der Waals surface area contributed by atoms with Crippen molar-refractivity contribution in [3.8, 4) is 0 Å². The van der Waals surface area contributed by atoms with Crippen molar-refractivity contribution < 1.29 is 9.15 Å². The second-order valence-corrected chi connectivity index (χ2v) is 10.4. The highest BCUT2D eigenvalue weighted by molar-refractivity contribution is 5.57. The molecule has 2 heteroatoms. The molecule has 0 amide bonds. The zero-order chi connectivity index (χ0) is 22.2. The van der Waals surface area contributed by atoms with E-state index in [1.807, 2.05) is 0 Å². The molecule has 0 aromatic heterocycles. The molecule has 0 saturated carbocycles. The highest BCUT2D eigenvalue weighted by Gasteiger charge is 2.33. The van der Waals surface area contributed by atoms with Crippen LogP contribution in [0.5, 0.6) is 0 Å². The van der Waals surface area contributed by atoms with E-state index < -0.39 is 0 Å². The molecule has 3 rings (SSSR count). The molecule has 0 N–H and O–H groups in total. The van der Waals surface area contributed by atoms with Crippen LogP contribution in [0.25, 0.3) is 0 Å². The maximum Gasteiger partial charge on any atom is 0.501 e. The lowest BCUT2D eigenvalue weighted by atomic mass is 9.83. The molecular weight excluding hydrogens is 364 g/mol. The molecule has 0 atom stereocenters. The van der Waals surface area contributed by atoms with E-state index in [4.69, 9.17) is 0 Å². The van der Waals surface area contributed by atoms with Gasteiger partial charge in [-0.3, -0.25) is 0 Å². The molecule has 0 saturated heterocycles. The smallest absolute Gasteiger partial charge is 0.0612 e. The lowest BCUT2D eigenvalue weighted by molar-refractivity contribution is -0.388. The number of benzene rings is 2. The summed E-state index contributed by atoms with van der Waals surface area (Å²) in [6.45, 7) is 20.5. The Labute approximate surface area is 183 Å². The molecule has 1 aliphatic rings. The van der Waals surface area contributed by atoms with Crippen molar-refractivity contribution in [2.24, 2.45) is 0 Å². The van der Waals surface area contributed by atoms with Gasteiger partial charge in [0.15, 0.2) is 0 Å². The van der Waals surface area contributed by atoms with Crippen molar-refractivity contribution in [3.63, 3.8) is 0 Å². The van der Waals surface area contributed by atoms with Crippen LogP contribution in [0.15, 0.2) is 48.8 Å². The molecule has 0 spiro atoms. The van der Waals surface area contributed by atoms with Gasteiger partial charge in [0.25, 0.3) is 12.4 Å². The summed E-state index contributed by atoms with van der Waals surface area (Å²) >= 11 is 0. The first-order valence-electron chi connectivity index (χ1n) is 11.3. The number of rotatable bonds is 5. The van der Waals surface area contributed by atoms with Crippen molar-refractivity contribution in [1.29, 1.82) is 0 Å². The predicted octanol–water partition coefficient (Wildman–Crippen LogP) is 8.00. The third-order valence-electron chi connectivity index (χ3n) is 5.90. The zero-order valence-corrected chi connectivity index (χ0v) is 20.2. The van der Waals surface area contributed by atoms with E-state index in [9.17, 15) is 0 Å². The lowest BCUT2D eigenvalue weighted by Gasteiger charge is -2.21. The molecule has 30 heavy (non-hydrogen) atoms. The van der Waals surface area contributed by atoms with Gasteiger partial charge in [-0.05, 0) is 23.2 Å². The molecule has 0 aliphatic carbocycles. The average Bonchev–Trinajstić information content (AvgIpc) is 3.15. The molecule has 0 unspecified atom stereocenters. The van der Waals surface area contributed by atoms with Gasteiger partial charge >= 0.3 is 6.01 Å². The highest BCUT2D eigenvalue weighted by atomic mass is 15.1. The van der Waals surface area contributed by atoms with Crippen molar-refractivity contribution in [3.05, 3.63) is 71.1 Å². The molecule has 0 bridgehead atoms. The van der Waals surface area contributed by atoms with Crippen LogP contribution >= 0.6 is 0 Å². The first-order chi connectivity index (χ1) is 14.0. The second-order valence-electron chi connectivity index (χ2n) is 10.4. The van der Waals surface area contributed by atoms with E-state index in [1.165, 1.54) is 33.6 Å². The van der Waals surface area contributed by atoms with E-state index in [0.717, 1.165) is 0 Å². The summed E-state index contributed by atoms with van der Waals surface area (Å²) < 4.78 is 4.41. The average molecular weight is 403 g/mol. The Morgan fingerprint density at radius 1 is 0.633 bits per heavy atom. The zero-order valence-electron chi connectivity index (χ0n) is 20.2. The van der Waals surface area contributed by atoms with E-state index in [-0.39, 0.29) is 5.41 Å². The van der Waals surface area contributed by atoms with Gasteiger partial charge in [0.1, 0.15) is 0 Å². The minimum Gasteiger partial charge on any atom is -0.0612 e. The highest BCUT2D eigenvalue weighted by Crippen LogP contribution is 2.39. The van der Waals surface area contributed by atoms with Gasteiger partial charge in [-0.15, -0.1) is 0 Å². The van der Waals surface area contributed by atoms with E-state index in [1.54, 1.807) is 0 Å². The molecule has 1 aliphatic heterocycles. The third kappa shape index (κ3) is 4.20. The van der Waals surface area contributed by atoms with Crippen molar-refractivity contribution in [2.75, 3.05) is 0 Å². The molecule has 2 aromatic rings. The van der Waals surface area contributed by atoms with Crippen LogP contribution in [0.1, 0.15) is 102 Å². The van der Waals surface area contributed by atoms with Gasteiger partial charge in [0.05, 0.1) is 0 Å². The summed E-state index contributed by atoms with van der Waals surface area (Å²) in [7, 11) is 0. The first-order valence-corrected chi connectivity index (χ1v) is 11.3. The van der Waals surface area contributed by atoms with Gasteiger partial charge in [-0.2, -0.15) is 0 Å². The third-order valence-corrected chi connectivity index (χ3v) is 5.90. The summed E-state index contributed by atoms with van der Waals surface area (Å²) in [5.41, 5.74) is 8.06. The van der Waals surface area contributed by atoms with Crippen LogP contribution in [-0.2, 0) is 5.41 Å². The molecule has 0 fully saturated rings. The fourth-order valence-corrected chi connectivity index (χ4v) is 4.26. The predicted molar refractivity (Wildman–Crippen MR) is 128 cm³/mol. The number of hydrogen-bond acceptors (Lipinski definition) is 0. The van der Waals surface area contributed by atoms with Crippen molar-refractivity contribution >= 4 is 17.4 Å². The monoisotopic (exact) mass is 402 g/mol. The van der Waals surface area contributed by atoms with Crippen molar-refractivity contribution in [2.45, 2.75) is 85.5 Å². The SMILES string of the molecule is CC(C)c1cccc(C(C)C)c1[N+]1=C=[N+](c2c(C(C)C)cccc2C(C)(C)C)C=C1. The molecule has 1 heterocycles. The second kappa shape index (κ2) is 8.36. The summed E-state index contributed by atoms with van der Waals surface area (Å²) in [4.78, 5) is 0. The molecule has 158 valence electrons. The van der Waals surface area contributed by atoms with Crippen molar-refractivity contribution in [1.82, 2.24) is 0 Å². The van der Waals surface area contributed by atoms with Gasteiger partial charge in [0.2, 0.25) is 11.4 Å². The Kier molecular flexibility index (Phi) is 6.20. The Bertz CT molecular complexity index is 1010. The van der Waals surface area contributed by atoms with Crippen LogP contribution in [-0.4, -0.2) is 15.2 Å². The fourth-order valence-electron chi connectivity index (χ4n) is 4.26. The quantitative estimate of drug-likeness (QED) is 0.447. The molecular formula is C28H38N2+2. The fraction of sp³-hybridized carbons (Fsp3) is 0.464. The summed E-state index contributed by atoms with van der Waals surface area (Å²) in [6.07, 6.45) is 4.33. The van der Waals surface area contributed by atoms with E-state index >= 15 is 0 Å². The summed E-state index contributed by atoms with van der Waals surface area (Å²) in [6, 6.07) is 17.1. The Hall–Kier alpha value is -2.44. The van der Waals surface area contributed by atoms with Gasteiger partial charge in [0, 0.05) is 22.3 Å². The van der Waals surface area contributed by atoms with Gasteiger partial charge < -0.3 is 0 Å². The maximum atomic E-state index is 3.68. The number of hydrogen-bond donors (Lipinski definition) is 0. The van der Waals surface area contributed by atoms with Crippen LogP contribution in [0.2, 0.25) is 0 Å². The van der Waals surface area contributed by atoms with E-state index in [2.05, 4.69) is 126 Å². The topological polar surface area (TPSA) is 6.02 Å². The Balaban J connectivity index is 2.33. The van der Waals surface area contributed by atoms with Crippen LogP contribution < -0.4 is 0 Å². The number of para-hydroxylation sites is 2. The van der Waals surface area contributed by atoms with Gasteiger partial charge in [-0.1, -0.05) is 108 Å². The maximum absolute atomic E-state index is 3.68. The normalized spacial score (nSPS) is 14.1. The minimum absolute atomic E-state index is 0.0576. The van der Waals surface area contributed by atoms with Gasteiger partial charge in [-0.25, -0.2) is 0 Å². The molecule has 2 nitrogen and oxygen atoms in total. The minimum atomic E-state index is 0.0576. The summed E-state index contributed by atoms with van der Waals surface area (Å²) in [5, 5.41) is 0. The lowest BCUT2D eigenvalue weighted by Crippen LogP contribution is -2.16. The van der Waals surface area contributed by atoms with Crippen LogP contribution in [0, 0.1) is 0 Å². The summed E-state index contributed by atoms with van der Waals surface area (Å²) in [5.74, 6) is 1.35. The van der Waals surface area contributed by atoms with Crippen LogP contribution in [0.4, 0.5) is 11.4 Å². The largest absolute Gasteiger partial charge is 0.501 e. The molecule has 2 aromatic carbocycles. The van der Waals surface area contributed by atoms with Crippen LogP contribution in [0.3, 0.4) is 0 Å². The Morgan fingerprint density at radius 3 is 1.47 bits per heavy atom. The number of nitrogens with zero attached hydrogens (tertiary/aromatic N) is 2. The molecule has 0 radical (unpaired) electrons. The standard InChI is InChI=1S/C28H38N2/c1-19(2)22-12-10-13-23(20(3)4)26(22)29-16-17-30(18-29)27-24(21(5)6)14-11-15-25(27)28(7,8)9/h10-17,19-21H,1-9H3/q+2. The Morgan fingerprint density at radius 2 is 1.03 bits per heavy atom. The van der Waals surface area contributed by atoms with E-state index in [0.29, 0.717) is 17.8 Å².